The Labute approximate surface area is 257 Å². The number of ether oxygens (including phenoxy) is 2. The Bertz CT molecular complexity index is 1220. The molecule has 1 N–H and O–H groups in total. The van der Waals surface area contributed by atoms with Crippen molar-refractivity contribution in [2.24, 2.45) is 0 Å². The van der Waals surface area contributed by atoms with Gasteiger partial charge in [0.25, 0.3) is 0 Å². The minimum atomic E-state index is 0.133. The first-order valence-electron chi connectivity index (χ1n) is 16.1. The number of carbonyl (C=O) groups excluding carboxylic acids is 1. The number of rotatable bonds is 15. The molecule has 1 amide bonds. The van der Waals surface area contributed by atoms with Gasteiger partial charge >= 0.3 is 0 Å². The zero-order valence-corrected chi connectivity index (χ0v) is 25.6. The number of piperazine rings is 1. The number of amides is 1. The maximum atomic E-state index is 12.4. The Morgan fingerprint density at radius 3 is 2.21 bits per heavy atom. The van der Waals surface area contributed by atoms with Crippen molar-refractivity contribution in [3.05, 3.63) is 84.4 Å². The highest BCUT2D eigenvalue weighted by atomic mass is 16.5. The van der Waals surface area contributed by atoms with E-state index in [0.29, 0.717) is 19.6 Å². The Morgan fingerprint density at radius 2 is 1.42 bits per heavy atom. The largest absolute Gasteiger partial charge is 0.494 e. The van der Waals surface area contributed by atoms with E-state index in [2.05, 4.69) is 74.6 Å². The molecule has 2 fully saturated rings. The van der Waals surface area contributed by atoms with Crippen molar-refractivity contribution in [3.8, 4) is 16.9 Å². The number of para-hydroxylation sites is 1. The molecule has 7 nitrogen and oxygen atoms in total. The summed E-state index contributed by atoms with van der Waals surface area (Å²) >= 11 is 0. The summed E-state index contributed by atoms with van der Waals surface area (Å²) in [6.07, 6.45) is 4.77. The fourth-order valence-corrected chi connectivity index (χ4v) is 5.92. The number of hydrogen-bond acceptors (Lipinski definition) is 6. The Hall–Kier alpha value is -3.39. The van der Waals surface area contributed by atoms with Crippen LogP contribution in [-0.2, 0) is 16.1 Å². The van der Waals surface area contributed by atoms with Crippen LogP contribution in [0.3, 0.4) is 0 Å². The Balaban J connectivity index is 0.906. The van der Waals surface area contributed by atoms with Gasteiger partial charge in [-0.3, -0.25) is 14.6 Å². The summed E-state index contributed by atoms with van der Waals surface area (Å²) in [4.78, 5) is 19.9. The Morgan fingerprint density at radius 1 is 0.721 bits per heavy atom. The second-order valence-electron chi connectivity index (χ2n) is 11.6. The van der Waals surface area contributed by atoms with E-state index in [-0.39, 0.29) is 5.91 Å². The van der Waals surface area contributed by atoms with Crippen LogP contribution in [0.1, 0.15) is 37.7 Å². The summed E-state index contributed by atoms with van der Waals surface area (Å²) in [6, 6.07) is 27.5. The van der Waals surface area contributed by atoms with E-state index in [1.807, 2.05) is 24.3 Å². The van der Waals surface area contributed by atoms with Gasteiger partial charge in [0.05, 0.1) is 19.8 Å². The van der Waals surface area contributed by atoms with Crippen molar-refractivity contribution in [3.63, 3.8) is 0 Å². The van der Waals surface area contributed by atoms with Gasteiger partial charge in [0.1, 0.15) is 5.75 Å². The van der Waals surface area contributed by atoms with Crippen LogP contribution >= 0.6 is 0 Å². The van der Waals surface area contributed by atoms with Crippen LogP contribution < -0.4 is 15.0 Å². The van der Waals surface area contributed by atoms with Gasteiger partial charge in [-0.1, -0.05) is 67.1 Å². The Kier molecular flexibility index (Phi) is 12.3. The third-order valence-electron chi connectivity index (χ3n) is 8.48. The summed E-state index contributed by atoms with van der Waals surface area (Å²) in [5, 5.41) is 3.07. The van der Waals surface area contributed by atoms with Crippen molar-refractivity contribution in [2.75, 3.05) is 77.1 Å². The molecule has 0 saturated carbocycles. The van der Waals surface area contributed by atoms with Crippen LogP contribution in [0.25, 0.3) is 11.1 Å². The summed E-state index contributed by atoms with van der Waals surface area (Å²) in [5.74, 6) is 1.02. The van der Waals surface area contributed by atoms with Gasteiger partial charge in [0, 0.05) is 70.0 Å². The predicted octanol–water partition coefficient (Wildman–Crippen LogP) is 5.45. The number of hydrogen-bond donors (Lipinski definition) is 1. The van der Waals surface area contributed by atoms with Gasteiger partial charge in [-0.15, -0.1) is 0 Å². The first-order valence-corrected chi connectivity index (χ1v) is 16.1. The van der Waals surface area contributed by atoms with Crippen molar-refractivity contribution in [1.82, 2.24) is 15.1 Å². The summed E-state index contributed by atoms with van der Waals surface area (Å²) < 4.78 is 11.3. The first-order chi connectivity index (χ1) is 21.2. The number of benzene rings is 3. The lowest BCUT2D eigenvalue weighted by Crippen LogP contribution is -2.46. The van der Waals surface area contributed by atoms with E-state index < -0.39 is 0 Å². The van der Waals surface area contributed by atoms with Gasteiger partial charge < -0.3 is 19.7 Å². The lowest BCUT2D eigenvalue weighted by molar-refractivity contribution is -0.121. The van der Waals surface area contributed by atoms with Crippen molar-refractivity contribution in [2.45, 2.75) is 38.6 Å². The molecule has 3 aromatic carbocycles. The van der Waals surface area contributed by atoms with Crippen molar-refractivity contribution < 1.29 is 14.3 Å². The molecule has 7 heteroatoms. The average Bonchev–Trinajstić information content (AvgIpc) is 3.07. The van der Waals surface area contributed by atoms with E-state index in [9.17, 15) is 4.79 Å². The first kappa shape index (κ1) is 31.0. The number of unbranched alkanes of at least 4 members (excludes halogenated alkanes) is 2. The van der Waals surface area contributed by atoms with E-state index in [1.165, 1.54) is 16.8 Å². The average molecular weight is 585 g/mol. The standard InChI is InChI=1S/C36H48N4O3/c41-36(37-30-31-15-17-33(18-16-31)43-27-9-20-39-25-28-42-29-26-39)14-5-2-8-19-38-21-23-40(24-22-38)35-13-7-6-12-34(35)32-10-3-1-4-11-32/h1,3-4,6-7,10-13,15-18H,2,5,8-9,14,19-30H2,(H,37,41). The highest BCUT2D eigenvalue weighted by Gasteiger charge is 2.19. The van der Waals surface area contributed by atoms with Crippen molar-refractivity contribution >= 4 is 11.6 Å². The quantitative estimate of drug-likeness (QED) is 0.240. The van der Waals surface area contributed by atoms with Crippen LogP contribution in [0.15, 0.2) is 78.9 Å². The smallest absolute Gasteiger partial charge is 0.220 e. The molecule has 2 aliphatic rings. The van der Waals surface area contributed by atoms with Crippen molar-refractivity contribution in [1.29, 1.82) is 0 Å². The number of nitrogens with one attached hydrogen (secondary N) is 1. The van der Waals surface area contributed by atoms with E-state index in [1.54, 1.807) is 0 Å². The van der Waals surface area contributed by atoms with Gasteiger partial charge in [-0.25, -0.2) is 0 Å². The molecule has 3 aromatic rings. The molecule has 230 valence electrons. The van der Waals surface area contributed by atoms with E-state index >= 15 is 0 Å². The summed E-state index contributed by atoms with van der Waals surface area (Å²) in [7, 11) is 0. The minimum absolute atomic E-state index is 0.133. The van der Waals surface area contributed by atoms with Gasteiger partial charge in [-0.05, 0) is 55.1 Å². The topological polar surface area (TPSA) is 57.3 Å². The zero-order chi connectivity index (χ0) is 29.5. The highest BCUT2D eigenvalue weighted by Crippen LogP contribution is 2.31. The molecule has 5 rings (SSSR count). The second-order valence-corrected chi connectivity index (χ2v) is 11.6. The number of carbonyl (C=O) groups is 1. The lowest BCUT2D eigenvalue weighted by Gasteiger charge is -2.37. The number of morpholine rings is 1. The maximum Gasteiger partial charge on any atom is 0.220 e. The monoisotopic (exact) mass is 584 g/mol. The second kappa shape index (κ2) is 17.0. The molecular formula is C36H48N4O3. The fraction of sp³-hybridized carbons (Fsp3) is 0.472. The van der Waals surface area contributed by atoms with Crippen LogP contribution in [0.2, 0.25) is 0 Å². The molecular weight excluding hydrogens is 536 g/mol. The molecule has 0 radical (unpaired) electrons. The summed E-state index contributed by atoms with van der Waals surface area (Å²) in [5.41, 5.74) is 5.02. The van der Waals surface area contributed by atoms with Gasteiger partial charge in [0.15, 0.2) is 0 Å². The molecule has 0 bridgehead atoms. The fourth-order valence-electron chi connectivity index (χ4n) is 5.92. The number of nitrogens with zero attached hydrogens (tertiary/aromatic N) is 3. The SMILES string of the molecule is O=C(CCCCCN1CCN(c2ccccc2-c2ccccc2)CC1)NCc1ccc(OCCCN2CCOCC2)cc1. The third-order valence-corrected chi connectivity index (χ3v) is 8.48. The van der Waals surface area contributed by atoms with Crippen LogP contribution in [-0.4, -0.2) is 87.9 Å². The lowest BCUT2D eigenvalue weighted by atomic mass is 10.0. The molecule has 0 spiro atoms. The maximum absolute atomic E-state index is 12.4. The number of anilines is 1. The van der Waals surface area contributed by atoms with Crippen LogP contribution in [0.4, 0.5) is 5.69 Å². The van der Waals surface area contributed by atoms with Gasteiger partial charge in [0.2, 0.25) is 5.91 Å². The normalized spacial score (nSPS) is 16.2. The highest BCUT2D eigenvalue weighted by molar-refractivity contribution is 5.78. The van der Waals surface area contributed by atoms with E-state index in [0.717, 1.165) is 103 Å². The predicted molar refractivity (Wildman–Crippen MR) is 175 cm³/mol. The molecule has 2 heterocycles. The molecule has 0 aromatic heterocycles. The minimum Gasteiger partial charge on any atom is -0.494 e. The van der Waals surface area contributed by atoms with Gasteiger partial charge in [-0.2, -0.15) is 0 Å². The molecule has 0 atom stereocenters. The molecule has 43 heavy (non-hydrogen) atoms. The van der Waals surface area contributed by atoms with Crippen LogP contribution in [0.5, 0.6) is 5.75 Å². The van der Waals surface area contributed by atoms with E-state index in [4.69, 9.17) is 9.47 Å². The third kappa shape index (κ3) is 10.1. The molecule has 2 aliphatic heterocycles. The summed E-state index contributed by atoms with van der Waals surface area (Å²) in [6.45, 7) is 11.4. The molecule has 0 unspecified atom stereocenters. The van der Waals surface area contributed by atoms with Crippen LogP contribution in [0, 0.1) is 0 Å². The molecule has 0 aliphatic carbocycles. The molecule has 2 saturated heterocycles. The zero-order valence-electron chi connectivity index (χ0n) is 25.6.